The molecule has 234 valence electrons. The summed E-state index contributed by atoms with van der Waals surface area (Å²) in [7, 11) is 0. The van der Waals surface area contributed by atoms with Crippen LogP contribution in [0.25, 0.3) is 66.6 Å². The third kappa shape index (κ3) is 4.32. The fraction of sp³-hybridized carbons (Fsp3) is 0.0208. The number of hydrogen-bond acceptors (Lipinski definition) is 2. The van der Waals surface area contributed by atoms with Crippen LogP contribution < -0.4 is 4.90 Å². The average molecular weight is 637 g/mol. The molecule has 50 heavy (non-hydrogen) atoms. The van der Waals surface area contributed by atoms with Crippen LogP contribution in [0.3, 0.4) is 0 Å². The summed E-state index contributed by atoms with van der Waals surface area (Å²) in [6, 6.07) is 55.1. The molecule has 0 aliphatic heterocycles. The molecule has 2 nitrogen and oxygen atoms in total. The van der Waals surface area contributed by atoms with Gasteiger partial charge in [0.25, 0.3) is 0 Å². The van der Waals surface area contributed by atoms with E-state index in [1.54, 1.807) is 0 Å². The second-order valence-electron chi connectivity index (χ2n) is 13.0. The molecule has 0 N–H and O–H groups in total. The van der Waals surface area contributed by atoms with E-state index in [0.717, 1.165) is 23.5 Å². The van der Waals surface area contributed by atoms with Gasteiger partial charge in [-0.25, -0.2) is 0 Å². The lowest BCUT2D eigenvalue weighted by atomic mass is 9.83. The molecule has 0 unspecified atom stereocenters. The molecule has 0 spiro atoms. The van der Waals surface area contributed by atoms with Gasteiger partial charge < -0.3 is 4.90 Å². The van der Waals surface area contributed by atoms with Crippen molar-refractivity contribution in [2.24, 2.45) is 0 Å². The molecule has 2 heteroatoms. The summed E-state index contributed by atoms with van der Waals surface area (Å²) in [6.07, 6.45) is 11.8. The van der Waals surface area contributed by atoms with Crippen molar-refractivity contribution in [1.82, 2.24) is 4.98 Å². The van der Waals surface area contributed by atoms with Crippen LogP contribution in [0.5, 0.6) is 0 Å². The summed E-state index contributed by atoms with van der Waals surface area (Å²) in [4.78, 5) is 6.82. The van der Waals surface area contributed by atoms with Crippen LogP contribution in [0.15, 0.2) is 176 Å². The van der Waals surface area contributed by atoms with E-state index in [4.69, 9.17) is 0 Å². The molecular weight excluding hydrogens is 605 g/mol. The van der Waals surface area contributed by atoms with Gasteiger partial charge in [-0.15, -0.1) is 0 Å². The lowest BCUT2D eigenvalue weighted by Crippen LogP contribution is -2.12. The smallest absolute Gasteiger partial charge is 0.0540 e. The Labute approximate surface area is 291 Å². The van der Waals surface area contributed by atoms with Gasteiger partial charge in [0.15, 0.2) is 0 Å². The maximum Gasteiger partial charge on any atom is 0.0540 e. The standard InChI is InChI=1S/C48H32N2/c1-3-15-33(16-4-1)44-37-21-9-10-22-38(37)45(34-17-5-2-6-18-34)48-41-26-27-43(39-23-11-12-24-40(46(39)41)47(44)48)50(35-28-30-49-31-29-35)42-25-13-19-32-14-7-8-20-36(32)42/h1-11,13-31H,12H2. The van der Waals surface area contributed by atoms with E-state index < -0.39 is 0 Å². The van der Waals surface area contributed by atoms with Crippen molar-refractivity contribution >= 4 is 50.3 Å². The zero-order valence-corrected chi connectivity index (χ0v) is 27.4. The van der Waals surface area contributed by atoms with E-state index in [2.05, 4.69) is 180 Å². The number of allylic oxidation sites excluding steroid dienone is 2. The Kier molecular flexibility index (Phi) is 6.60. The minimum absolute atomic E-state index is 0.855. The predicted molar refractivity (Wildman–Crippen MR) is 211 cm³/mol. The number of anilines is 3. The van der Waals surface area contributed by atoms with Gasteiger partial charge in [-0.2, -0.15) is 0 Å². The van der Waals surface area contributed by atoms with Crippen LogP contribution in [0.1, 0.15) is 23.1 Å². The second kappa shape index (κ2) is 11.6. The number of rotatable bonds is 5. The molecule has 0 fully saturated rings. The quantitative estimate of drug-likeness (QED) is 0.187. The highest BCUT2D eigenvalue weighted by Gasteiger charge is 2.35. The summed E-state index contributed by atoms with van der Waals surface area (Å²) in [5.41, 5.74) is 16.2. The van der Waals surface area contributed by atoms with Gasteiger partial charge >= 0.3 is 0 Å². The van der Waals surface area contributed by atoms with Gasteiger partial charge in [0, 0.05) is 29.0 Å². The summed E-state index contributed by atoms with van der Waals surface area (Å²) >= 11 is 0. The molecule has 0 radical (unpaired) electrons. The first kappa shape index (κ1) is 28.5. The van der Waals surface area contributed by atoms with Crippen molar-refractivity contribution in [3.8, 4) is 33.4 Å². The van der Waals surface area contributed by atoms with E-state index in [1.165, 1.54) is 77.2 Å². The Bertz CT molecular complexity index is 2650. The zero-order chi connectivity index (χ0) is 33.0. The van der Waals surface area contributed by atoms with Crippen LogP contribution in [-0.4, -0.2) is 4.98 Å². The molecule has 0 atom stereocenters. The van der Waals surface area contributed by atoms with Crippen LogP contribution >= 0.6 is 0 Å². The Morgan fingerprint density at radius 1 is 0.460 bits per heavy atom. The van der Waals surface area contributed by atoms with E-state index >= 15 is 0 Å². The van der Waals surface area contributed by atoms with Crippen LogP contribution in [0.2, 0.25) is 0 Å². The molecule has 1 heterocycles. The van der Waals surface area contributed by atoms with Gasteiger partial charge in [-0.3, -0.25) is 4.98 Å². The molecule has 10 rings (SSSR count). The minimum Gasteiger partial charge on any atom is -0.309 e. The average Bonchev–Trinajstić information content (AvgIpc) is 3.33. The Balaban J connectivity index is 1.33. The monoisotopic (exact) mass is 636 g/mol. The number of fused-ring (bicyclic) bond motifs is 5. The molecule has 0 bridgehead atoms. The second-order valence-corrected chi connectivity index (χ2v) is 13.0. The van der Waals surface area contributed by atoms with Crippen molar-refractivity contribution in [3.63, 3.8) is 0 Å². The maximum absolute atomic E-state index is 4.40. The Morgan fingerprint density at radius 3 is 1.80 bits per heavy atom. The first-order valence-corrected chi connectivity index (χ1v) is 17.3. The Hall–Kier alpha value is -6.51. The molecule has 0 saturated heterocycles. The van der Waals surface area contributed by atoms with Gasteiger partial charge in [-0.1, -0.05) is 146 Å². The molecule has 1 aromatic heterocycles. The van der Waals surface area contributed by atoms with Gasteiger partial charge in [0.1, 0.15) is 0 Å². The van der Waals surface area contributed by atoms with E-state index in [9.17, 15) is 0 Å². The third-order valence-corrected chi connectivity index (χ3v) is 10.3. The number of pyridine rings is 1. The van der Waals surface area contributed by atoms with E-state index in [-0.39, 0.29) is 0 Å². The summed E-state index contributed by atoms with van der Waals surface area (Å²) < 4.78 is 0. The highest BCUT2D eigenvalue weighted by molar-refractivity contribution is 6.22. The molecule has 0 amide bonds. The number of hydrogen-bond donors (Lipinski definition) is 0. The molecule has 0 saturated carbocycles. The lowest BCUT2D eigenvalue weighted by Gasteiger charge is -2.29. The highest BCUT2D eigenvalue weighted by atomic mass is 15.1. The van der Waals surface area contributed by atoms with Gasteiger partial charge in [0.2, 0.25) is 0 Å². The molecule has 7 aromatic carbocycles. The largest absolute Gasteiger partial charge is 0.309 e. The van der Waals surface area contributed by atoms with Crippen molar-refractivity contribution in [3.05, 3.63) is 193 Å². The summed E-state index contributed by atoms with van der Waals surface area (Å²) in [5.74, 6) is 0. The topological polar surface area (TPSA) is 16.1 Å². The van der Waals surface area contributed by atoms with Crippen LogP contribution in [0, 0.1) is 0 Å². The zero-order valence-electron chi connectivity index (χ0n) is 27.4. The van der Waals surface area contributed by atoms with Gasteiger partial charge in [-0.05, 0) is 96.9 Å². The minimum atomic E-state index is 0.855. The van der Waals surface area contributed by atoms with Crippen LogP contribution in [0.4, 0.5) is 17.1 Å². The fourth-order valence-electron chi connectivity index (χ4n) is 8.26. The van der Waals surface area contributed by atoms with Crippen molar-refractivity contribution < 1.29 is 0 Å². The van der Waals surface area contributed by atoms with Crippen molar-refractivity contribution in [2.45, 2.75) is 6.42 Å². The first-order valence-electron chi connectivity index (χ1n) is 17.3. The lowest BCUT2D eigenvalue weighted by molar-refractivity contribution is 1.25. The highest BCUT2D eigenvalue weighted by Crippen LogP contribution is 2.58. The molecule has 2 aliphatic carbocycles. The predicted octanol–water partition coefficient (Wildman–Crippen LogP) is 13.0. The molecule has 2 aliphatic rings. The van der Waals surface area contributed by atoms with Crippen molar-refractivity contribution in [1.29, 1.82) is 0 Å². The van der Waals surface area contributed by atoms with Crippen molar-refractivity contribution in [2.75, 3.05) is 4.90 Å². The van der Waals surface area contributed by atoms with Crippen LogP contribution in [-0.2, 0) is 0 Å². The van der Waals surface area contributed by atoms with Gasteiger partial charge in [0.05, 0.1) is 11.4 Å². The number of benzene rings is 7. The number of nitrogens with zero attached hydrogens (tertiary/aromatic N) is 2. The normalized spacial score (nSPS) is 12.8. The van der Waals surface area contributed by atoms with E-state index in [0.29, 0.717) is 0 Å². The maximum atomic E-state index is 4.40. The third-order valence-electron chi connectivity index (χ3n) is 10.3. The Morgan fingerprint density at radius 2 is 1.08 bits per heavy atom. The SMILES string of the molecule is C1=Cc2c(N(c3ccncc3)c3cccc4ccccc34)ccc3c2C(=CC1)c1c-3c(-c2ccccc2)c2ccccc2c1-c1ccccc1. The van der Waals surface area contributed by atoms with E-state index in [1.807, 2.05) is 12.4 Å². The number of aromatic nitrogens is 1. The molecular formula is C48H32N2. The molecule has 8 aromatic rings. The summed E-state index contributed by atoms with van der Waals surface area (Å²) in [6.45, 7) is 0. The first-order chi connectivity index (χ1) is 24.9. The summed E-state index contributed by atoms with van der Waals surface area (Å²) in [5, 5.41) is 4.97. The fourth-order valence-corrected chi connectivity index (χ4v) is 8.26.